The number of carbonyl (C=O) groups is 1. The van der Waals surface area contributed by atoms with E-state index in [1.807, 2.05) is 0 Å². The fourth-order valence-corrected chi connectivity index (χ4v) is 2.99. The number of nitrogens with zero attached hydrogens (tertiary/aromatic N) is 2. The molecule has 0 bridgehead atoms. The van der Waals surface area contributed by atoms with Gasteiger partial charge in [-0.3, -0.25) is 4.79 Å². The van der Waals surface area contributed by atoms with Crippen LogP contribution in [0.25, 0.3) is 0 Å². The molecule has 1 amide bonds. The lowest BCUT2D eigenvalue weighted by Crippen LogP contribution is -2.43. The monoisotopic (exact) mass is 238 g/mol. The van der Waals surface area contributed by atoms with Crippen LogP contribution in [0.3, 0.4) is 0 Å². The summed E-state index contributed by atoms with van der Waals surface area (Å²) in [4.78, 5) is 16.7. The number of rotatable bonds is 2. The Bertz CT molecular complexity index is 259. The Hall–Kier alpha value is -0.570. The van der Waals surface area contributed by atoms with Crippen molar-refractivity contribution in [3.63, 3.8) is 0 Å². The van der Waals surface area contributed by atoms with Crippen molar-refractivity contribution in [3.8, 4) is 0 Å². The molecule has 2 aliphatic heterocycles. The molecule has 98 valence electrons. The molecule has 17 heavy (non-hydrogen) atoms. The quantitative estimate of drug-likeness (QED) is 0.735. The second kappa shape index (κ2) is 5.85. The average Bonchev–Trinajstić information content (AvgIpc) is 2.33. The SMILES string of the molecule is CC1CCN(C(=O)CC2CCCCN2C)CC1. The van der Waals surface area contributed by atoms with Gasteiger partial charge in [0.25, 0.3) is 0 Å². The highest BCUT2D eigenvalue weighted by Crippen LogP contribution is 2.21. The van der Waals surface area contributed by atoms with Gasteiger partial charge in [-0.1, -0.05) is 13.3 Å². The molecule has 0 aromatic rings. The van der Waals surface area contributed by atoms with Crippen molar-refractivity contribution in [3.05, 3.63) is 0 Å². The Labute approximate surface area is 105 Å². The maximum atomic E-state index is 12.2. The van der Waals surface area contributed by atoms with Crippen molar-refractivity contribution in [1.29, 1.82) is 0 Å². The van der Waals surface area contributed by atoms with E-state index in [9.17, 15) is 4.79 Å². The Balaban J connectivity index is 1.79. The van der Waals surface area contributed by atoms with Crippen molar-refractivity contribution in [1.82, 2.24) is 9.80 Å². The Morgan fingerprint density at radius 3 is 2.47 bits per heavy atom. The van der Waals surface area contributed by atoms with Crippen LogP contribution in [0, 0.1) is 5.92 Å². The fourth-order valence-electron chi connectivity index (χ4n) is 2.99. The summed E-state index contributed by atoms with van der Waals surface area (Å²) in [5.74, 6) is 1.19. The fraction of sp³-hybridized carbons (Fsp3) is 0.929. The summed E-state index contributed by atoms with van der Waals surface area (Å²) in [6.45, 7) is 5.42. The third kappa shape index (κ3) is 3.44. The molecule has 3 nitrogen and oxygen atoms in total. The lowest BCUT2D eigenvalue weighted by Gasteiger charge is -2.35. The van der Waals surface area contributed by atoms with Crippen molar-refractivity contribution in [2.24, 2.45) is 5.92 Å². The lowest BCUT2D eigenvalue weighted by atomic mass is 9.96. The number of carbonyl (C=O) groups excluding carboxylic acids is 1. The zero-order valence-electron chi connectivity index (χ0n) is 11.3. The van der Waals surface area contributed by atoms with E-state index in [-0.39, 0.29) is 0 Å². The minimum atomic E-state index is 0.385. The van der Waals surface area contributed by atoms with Crippen molar-refractivity contribution < 1.29 is 4.79 Å². The van der Waals surface area contributed by atoms with Gasteiger partial charge in [0.1, 0.15) is 0 Å². The molecule has 2 fully saturated rings. The molecule has 0 saturated carbocycles. The first-order valence-electron chi connectivity index (χ1n) is 7.15. The largest absolute Gasteiger partial charge is 0.343 e. The predicted molar refractivity (Wildman–Crippen MR) is 69.9 cm³/mol. The van der Waals surface area contributed by atoms with Crippen LogP contribution < -0.4 is 0 Å². The highest BCUT2D eigenvalue weighted by atomic mass is 16.2. The van der Waals surface area contributed by atoms with E-state index in [0.717, 1.165) is 32.0 Å². The molecule has 0 aromatic heterocycles. The molecule has 0 radical (unpaired) electrons. The molecule has 0 spiro atoms. The van der Waals surface area contributed by atoms with E-state index in [1.165, 1.54) is 32.1 Å². The van der Waals surface area contributed by atoms with Gasteiger partial charge < -0.3 is 9.80 Å². The summed E-state index contributed by atoms with van der Waals surface area (Å²) < 4.78 is 0. The molecule has 2 saturated heterocycles. The Kier molecular flexibility index (Phi) is 4.43. The van der Waals surface area contributed by atoms with Crippen LogP contribution in [-0.2, 0) is 4.79 Å². The number of hydrogen-bond donors (Lipinski definition) is 0. The molecule has 2 aliphatic rings. The van der Waals surface area contributed by atoms with E-state index in [4.69, 9.17) is 0 Å². The zero-order valence-corrected chi connectivity index (χ0v) is 11.3. The number of hydrogen-bond acceptors (Lipinski definition) is 2. The van der Waals surface area contributed by atoms with Crippen LogP contribution in [0.2, 0.25) is 0 Å². The second-order valence-corrected chi connectivity index (χ2v) is 5.90. The van der Waals surface area contributed by atoms with E-state index in [2.05, 4.69) is 23.8 Å². The van der Waals surface area contributed by atoms with Crippen LogP contribution in [0.5, 0.6) is 0 Å². The normalized spacial score (nSPS) is 28.4. The molecular formula is C14H26N2O. The van der Waals surface area contributed by atoms with Gasteiger partial charge in [0.2, 0.25) is 5.91 Å². The molecule has 1 unspecified atom stereocenters. The lowest BCUT2D eigenvalue weighted by molar-refractivity contribution is -0.134. The first-order chi connectivity index (χ1) is 8.16. The summed E-state index contributed by atoms with van der Waals surface area (Å²) in [6.07, 6.45) is 6.90. The number of likely N-dealkylation sites (tertiary alicyclic amines) is 2. The topological polar surface area (TPSA) is 23.6 Å². The third-order valence-electron chi connectivity index (χ3n) is 4.47. The molecule has 0 aromatic carbocycles. The van der Waals surface area contributed by atoms with Crippen LogP contribution >= 0.6 is 0 Å². The zero-order chi connectivity index (χ0) is 12.3. The van der Waals surface area contributed by atoms with Crippen LogP contribution in [0.4, 0.5) is 0 Å². The smallest absolute Gasteiger partial charge is 0.224 e. The molecule has 0 N–H and O–H groups in total. The summed E-state index contributed by atoms with van der Waals surface area (Å²) >= 11 is 0. The van der Waals surface area contributed by atoms with Gasteiger partial charge >= 0.3 is 0 Å². The van der Waals surface area contributed by atoms with E-state index in [1.54, 1.807) is 0 Å². The van der Waals surface area contributed by atoms with Gasteiger partial charge in [-0.15, -0.1) is 0 Å². The molecular weight excluding hydrogens is 212 g/mol. The van der Waals surface area contributed by atoms with Gasteiger partial charge in [-0.05, 0) is 45.2 Å². The van der Waals surface area contributed by atoms with Crippen molar-refractivity contribution in [2.75, 3.05) is 26.7 Å². The summed E-state index contributed by atoms with van der Waals surface area (Å²) in [6, 6.07) is 0.496. The van der Waals surface area contributed by atoms with E-state index < -0.39 is 0 Å². The van der Waals surface area contributed by atoms with E-state index >= 15 is 0 Å². The summed E-state index contributed by atoms with van der Waals surface area (Å²) in [5, 5.41) is 0. The van der Waals surface area contributed by atoms with Gasteiger partial charge in [0.15, 0.2) is 0 Å². The minimum absolute atomic E-state index is 0.385. The maximum absolute atomic E-state index is 12.2. The molecule has 3 heteroatoms. The second-order valence-electron chi connectivity index (χ2n) is 5.90. The van der Waals surface area contributed by atoms with Gasteiger partial charge in [0, 0.05) is 25.6 Å². The predicted octanol–water partition coefficient (Wildman–Crippen LogP) is 2.12. The third-order valence-corrected chi connectivity index (χ3v) is 4.47. The van der Waals surface area contributed by atoms with Crippen LogP contribution in [0.15, 0.2) is 0 Å². The number of amides is 1. The van der Waals surface area contributed by atoms with Gasteiger partial charge in [-0.25, -0.2) is 0 Å². The van der Waals surface area contributed by atoms with Crippen molar-refractivity contribution in [2.45, 2.75) is 51.5 Å². The van der Waals surface area contributed by atoms with E-state index in [0.29, 0.717) is 11.9 Å². The summed E-state index contributed by atoms with van der Waals surface area (Å²) in [5.41, 5.74) is 0. The molecule has 0 aliphatic carbocycles. The standard InChI is InChI=1S/C14H26N2O/c1-12-6-9-16(10-7-12)14(17)11-13-5-3-4-8-15(13)2/h12-13H,3-11H2,1-2H3. The number of piperidine rings is 2. The highest BCUT2D eigenvalue weighted by Gasteiger charge is 2.26. The Morgan fingerprint density at radius 1 is 1.12 bits per heavy atom. The molecule has 2 rings (SSSR count). The van der Waals surface area contributed by atoms with Gasteiger partial charge in [0.05, 0.1) is 0 Å². The average molecular weight is 238 g/mol. The molecule has 1 atom stereocenters. The maximum Gasteiger partial charge on any atom is 0.224 e. The van der Waals surface area contributed by atoms with Gasteiger partial charge in [-0.2, -0.15) is 0 Å². The summed E-state index contributed by atoms with van der Waals surface area (Å²) in [7, 11) is 2.16. The van der Waals surface area contributed by atoms with Crippen molar-refractivity contribution >= 4 is 5.91 Å². The highest BCUT2D eigenvalue weighted by molar-refractivity contribution is 5.76. The minimum Gasteiger partial charge on any atom is -0.343 e. The van der Waals surface area contributed by atoms with Crippen LogP contribution in [0.1, 0.15) is 45.4 Å². The molecule has 2 heterocycles. The van der Waals surface area contributed by atoms with Crippen LogP contribution in [-0.4, -0.2) is 48.4 Å². The first kappa shape index (κ1) is 12.9. The first-order valence-corrected chi connectivity index (χ1v) is 7.15. The Morgan fingerprint density at radius 2 is 1.82 bits per heavy atom.